The molecule has 1 atom stereocenters. The fourth-order valence-corrected chi connectivity index (χ4v) is 2.61. The Hall–Kier alpha value is -0.160. The maximum Gasteiger partial charge on any atom is 0.136 e. The summed E-state index contributed by atoms with van der Waals surface area (Å²) in [6.07, 6.45) is 1.95. The molecule has 0 heterocycles. The van der Waals surface area contributed by atoms with E-state index < -0.39 is 0 Å². The molecule has 64 valence electrons. The topological polar surface area (TPSA) is 26.0 Å². The van der Waals surface area contributed by atoms with Crippen molar-refractivity contribution in [3.63, 3.8) is 0 Å². The molecule has 0 saturated carbocycles. The van der Waals surface area contributed by atoms with E-state index in [4.69, 9.17) is 5.73 Å². The van der Waals surface area contributed by atoms with Gasteiger partial charge in [-0.05, 0) is 52.6 Å². The van der Waals surface area contributed by atoms with Crippen LogP contribution in [0.15, 0.2) is 12.1 Å². The highest BCUT2D eigenvalue weighted by Crippen LogP contribution is 2.33. The zero-order valence-corrected chi connectivity index (χ0v) is 8.64. The van der Waals surface area contributed by atoms with Crippen LogP contribution in [0.4, 0.5) is 4.39 Å². The first-order valence-corrected chi connectivity index (χ1v) is 5.00. The number of rotatable bonds is 0. The van der Waals surface area contributed by atoms with Gasteiger partial charge in [0.25, 0.3) is 0 Å². The summed E-state index contributed by atoms with van der Waals surface area (Å²) in [4.78, 5) is 0. The third-order valence-corrected chi connectivity index (χ3v) is 3.41. The molecular weight excluding hydrogens is 268 g/mol. The smallest absolute Gasteiger partial charge is 0.136 e. The second-order valence-electron chi connectivity index (χ2n) is 3.08. The highest BCUT2D eigenvalue weighted by molar-refractivity contribution is 14.1. The summed E-state index contributed by atoms with van der Waals surface area (Å²) in [5.74, 6) is -0.147. The van der Waals surface area contributed by atoms with E-state index >= 15 is 0 Å². The van der Waals surface area contributed by atoms with Crippen LogP contribution in [-0.2, 0) is 6.42 Å². The first kappa shape index (κ1) is 8.44. The molecule has 1 aromatic carbocycles. The van der Waals surface area contributed by atoms with Crippen molar-refractivity contribution >= 4 is 22.6 Å². The second kappa shape index (κ2) is 2.96. The molecule has 1 aliphatic carbocycles. The Morgan fingerprint density at radius 2 is 2.25 bits per heavy atom. The van der Waals surface area contributed by atoms with Gasteiger partial charge in [-0.3, -0.25) is 0 Å². The summed E-state index contributed by atoms with van der Waals surface area (Å²) in [6.45, 7) is 0. The molecule has 2 N–H and O–H groups in total. The molecule has 0 unspecified atom stereocenters. The largest absolute Gasteiger partial charge is 0.324 e. The average molecular weight is 277 g/mol. The number of hydrogen-bond donors (Lipinski definition) is 1. The molecule has 3 heteroatoms. The van der Waals surface area contributed by atoms with E-state index in [1.165, 1.54) is 11.6 Å². The number of nitrogens with two attached hydrogens (primary N) is 1. The van der Waals surface area contributed by atoms with Gasteiger partial charge in [0.15, 0.2) is 0 Å². The molecule has 1 aliphatic rings. The Kier molecular flexibility index (Phi) is 2.08. The normalized spacial score (nSPS) is 21.1. The standard InChI is InChI=1S/C9H9FIN/c10-6-3-1-5-2-4-7(12)8(5)9(6)11/h1,3,7H,2,4,12H2/t7-/m0/s1. The second-order valence-corrected chi connectivity index (χ2v) is 4.16. The highest BCUT2D eigenvalue weighted by atomic mass is 127. The van der Waals surface area contributed by atoms with Gasteiger partial charge in [-0.1, -0.05) is 6.07 Å². The number of halogens is 2. The summed E-state index contributed by atoms with van der Waals surface area (Å²) >= 11 is 2.03. The molecule has 1 nitrogen and oxygen atoms in total. The van der Waals surface area contributed by atoms with Crippen LogP contribution in [0.2, 0.25) is 0 Å². The Bertz CT molecular complexity index is 325. The lowest BCUT2D eigenvalue weighted by molar-refractivity contribution is 0.613. The Morgan fingerprint density at radius 1 is 1.50 bits per heavy atom. The van der Waals surface area contributed by atoms with Crippen molar-refractivity contribution in [2.75, 3.05) is 0 Å². The van der Waals surface area contributed by atoms with Crippen LogP contribution in [-0.4, -0.2) is 0 Å². The van der Waals surface area contributed by atoms with Crippen LogP contribution in [0.1, 0.15) is 23.6 Å². The zero-order valence-electron chi connectivity index (χ0n) is 6.48. The van der Waals surface area contributed by atoms with E-state index in [2.05, 4.69) is 0 Å². The van der Waals surface area contributed by atoms with Gasteiger partial charge in [0.1, 0.15) is 5.82 Å². The molecule has 12 heavy (non-hydrogen) atoms. The van der Waals surface area contributed by atoms with E-state index in [1.807, 2.05) is 28.7 Å². The summed E-state index contributed by atoms with van der Waals surface area (Å²) in [5.41, 5.74) is 8.08. The number of aryl methyl sites for hydroxylation is 1. The van der Waals surface area contributed by atoms with Crippen molar-refractivity contribution < 1.29 is 4.39 Å². The SMILES string of the molecule is N[C@H]1CCc2ccc(F)c(I)c21. The quantitative estimate of drug-likeness (QED) is 0.724. The Labute approximate surface area is 84.3 Å². The first-order chi connectivity index (χ1) is 5.70. The van der Waals surface area contributed by atoms with Crippen LogP contribution >= 0.6 is 22.6 Å². The lowest BCUT2D eigenvalue weighted by atomic mass is 10.1. The van der Waals surface area contributed by atoms with Crippen molar-refractivity contribution in [1.29, 1.82) is 0 Å². The van der Waals surface area contributed by atoms with Gasteiger partial charge in [-0.2, -0.15) is 0 Å². The summed E-state index contributed by atoms with van der Waals surface area (Å²) in [5, 5.41) is 0. The molecule has 0 spiro atoms. The zero-order chi connectivity index (χ0) is 8.72. The minimum absolute atomic E-state index is 0.0441. The molecule has 1 aromatic rings. The lowest BCUT2D eigenvalue weighted by Crippen LogP contribution is -2.07. The monoisotopic (exact) mass is 277 g/mol. The van der Waals surface area contributed by atoms with E-state index in [-0.39, 0.29) is 11.9 Å². The third kappa shape index (κ3) is 1.15. The van der Waals surface area contributed by atoms with Crippen molar-refractivity contribution in [1.82, 2.24) is 0 Å². The molecule has 0 amide bonds. The van der Waals surface area contributed by atoms with Gasteiger partial charge in [0, 0.05) is 6.04 Å². The van der Waals surface area contributed by atoms with Gasteiger partial charge >= 0.3 is 0 Å². The van der Waals surface area contributed by atoms with E-state index in [0.717, 1.165) is 18.4 Å². The fraction of sp³-hybridized carbons (Fsp3) is 0.333. The lowest BCUT2D eigenvalue weighted by Gasteiger charge is -2.07. The molecule has 2 rings (SSSR count). The van der Waals surface area contributed by atoms with Crippen molar-refractivity contribution in [3.05, 3.63) is 32.6 Å². The molecule has 0 saturated heterocycles. The van der Waals surface area contributed by atoms with Gasteiger partial charge < -0.3 is 5.73 Å². The summed E-state index contributed by atoms with van der Waals surface area (Å²) in [7, 11) is 0. The molecule has 0 aliphatic heterocycles. The van der Waals surface area contributed by atoms with E-state index in [9.17, 15) is 4.39 Å². The summed E-state index contributed by atoms with van der Waals surface area (Å²) in [6, 6.07) is 3.42. The fourth-order valence-electron chi connectivity index (χ4n) is 1.68. The van der Waals surface area contributed by atoms with Crippen molar-refractivity contribution in [2.24, 2.45) is 5.73 Å². The van der Waals surface area contributed by atoms with Gasteiger partial charge in [-0.25, -0.2) is 4.39 Å². The first-order valence-electron chi connectivity index (χ1n) is 3.92. The maximum atomic E-state index is 13.1. The molecule has 0 bridgehead atoms. The Balaban J connectivity index is 2.63. The van der Waals surface area contributed by atoms with Gasteiger partial charge in [0.05, 0.1) is 3.57 Å². The number of hydrogen-bond acceptors (Lipinski definition) is 1. The minimum Gasteiger partial charge on any atom is -0.324 e. The van der Waals surface area contributed by atoms with E-state index in [1.54, 1.807) is 0 Å². The van der Waals surface area contributed by atoms with Gasteiger partial charge in [-0.15, -0.1) is 0 Å². The highest BCUT2D eigenvalue weighted by Gasteiger charge is 2.22. The minimum atomic E-state index is -0.147. The predicted octanol–water partition coefficient (Wildman–Crippen LogP) is 2.38. The predicted molar refractivity (Wildman–Crippen MR) is 54.4 cm³/mol. The molecule has 0 fully saturated rings. The van der Waals surface area contributed by atoms with Crippen LogP contribution in [0.25, 0.3) is 0 Å². The third-order valence-electron chi connectivity index (χ3n) is 2.32. The van der Waals surface area contributed by atoms with Crippen molar-refractivity contribution in [3.8, 4) is 0 Å². The molecule has 0 aromatic heterocycles. The average Bonchev–Trinajstić information content (AvgIpc) is 2.41. The maximum absolute atomic E-state index is 13.1. The van der Waals surface area contributed by atoms with Crippen LogP contribution in [0.5, 0.6) is 0 Å². The molecule has 0 radical (unpaired) electrons. The van der Waals surface area contributed by atoms with Crippen LogP contribution < -0.4 is 5.73 Å². The molecular formula is C9H9FIN. The number of benzene rings is 1. The van der Waals surface area contributed by atoms with Crippen LogP contribution in [0.3, 0.4) is 0 Å². The van der Waals surface area contributed by atoms with Crippen molar-refractivity contribution in [2.45, 2.75) is 18.9 Å². The summed E-state index contributed by atoms with van der Waals surface area (Å²) < 4.78 is 13.8. The Morgan fingerprint density at radius 3 is 3.00 bits per heavy atom. The number of fused-ring (bicyclic) bond motifs is 1. The van der Waals surface area contributed by atoms with E-state index in [0.29, 0.717) is 3.57 Å². The van der Waals surface area contributed by atoms with Crippen LogP contribution in [0, 0.1) is 9.39 Å². The van der Waals surface area contributed by atoms with Gasteiger partial charge in [0.2, 0.25) is 0 Å².